The maximum absolute atomic E-state index is 11.3. The van der Waals surface area contributed by atoms with Crippen molar-refractivity contribution in [3.05, 3.63) is 24.3 Å². The normalized spacial score (nSPS) is 10.1. The van der Waals surface area contributed by atoms with E-state index >= 15 is 0 Å². The Labute approximate surface area is 89.3 Å². The molecule has 3 N–H and O–H groups in total. The summed E-state index contributed by atoms with van der Waals surface area (Å²) < 4.78 is 0. The molecule has 15 heavy (non-hydrogen) atoms. The highest BCUT2D eigenvalue weighted by Gasteiger charge is 2.02. The summed E-state index contributed by atoms with van der Waals surface area (Å²) in [5.74, 6) is 0.552. The van der Waals surface area contributed by atoms with Gasteiger partial charge in [0.1, 0.15) is 5.75 Å². The van der Waals surface area contributed by atoms with E-state index < -0.39 is 0 Å². The van der Waals surface area contributed by atoms with Crippen LogP contribution in [0.5, 0.6) is 5.75 Å². The van der Waals surface area contributed by atoms with Gasteiger partial charge in [0.2, 0.25) is 0 Å². The van der Waals surface area contributed by atoms with Crippen molar-refractivity contribution < 1.29 is 9.90 Å². The van der Waals surface area contributed by atoms with Crippen LogP contribution in [0.25, 0.3) is 0 Å². The van der Waals surface area contributed by atoms with Crippen molar-refractivity contribution in [3.63, 3.8) is 0 Å². The molecule has 0 radical (unpaired) electrons. The van der Waals surface area contributed by atoms with Gasteiger partial charge >= 0.3 is 6.03 Å². The molecule has 0 saturated carbocycles. The number of phenolic OH excluding ortho intramolecular Hbond substituents is 1. The van der Waals surface area contributed by atoms with Gasteiger partial charge in [-0.05, 0) is 18.1 Å². The molecule has 1 aromatic rings. The molecular formula is C11H16N2O2. The SMILES string of the molecule is CC(C)CNC(=O)Nc1cccc(O)c1. The standard InChI is InChI=1S/C11H16N2O2/c1-8(2)7-12-11(15)13-9-4-3-5-10(14)6-9/h3-6,8,14H,7H2,1-2H3,(H2,12,13,15). The van der Waals surface area contributed by atoms with E-state index in [9.17, 15) is 9.90 Å². The number of urea groups is 1. The van der Waals surface area contributed by atoms with Crippen LogP contribution in [0.3, 0.4) is 0 Å². The lowest BCUT2D eigenvalue weighted by Gasteiger charge is -2.09. The number of amides is 2. The molecule has 0 aliphatic rings. The number of rotatable bonds is 3. The van der Waals surface area contributed by atoms with Crippen LogP contribution in [0, 0.1) is 5.92 Å². The molecule has 0 aliphatic carbocycles. The van der Waals surface area contributed by atoms with Crippen molar-refractivity contribution in [2.45, 2.75) is 13.8 Å². The zero-order chi connectivity index (χ0) is 11.3. The number of carbonyl (C=O) groups is 1. The van der Waals surface area contributed by atoms with Crippen LogP contribution in [-0.4, -0.2) is 17.7 Å². The summed E-state index contributed by atoms with van der Waals surface area (Å²) in [6.07, 6.45) is 0. The van der Waals surface area contributed by atoms with E-state index in [1.165, 1.54) is 6.07 Å². The summed E-state index contributed by atoms with van der Waals surface area (Å²) in [6, 6.07) is 6.18. The number of nitrogens with one attached hydrogen (secondary N) is 2. The van der Waals surface area contributed by atoms with Crippen molar-refractivity contribution in [2.75, 3.05) is 11.9 Å². The van der Waals surface area contributed by atoms with Crippen molar-refractivity contribution in [3.8, 4) is 5.75 Å². The van der Waals surface area contributed by atoms with Gasteiger partial charge in [0, 0.05) is 18.3 Å². The molecular weight excluding hydrogens is 192 g/mol. The van der Waals surface area contributed by atoms with Crippen LogP contribution < -0.4 is 10.6 Å². The fraction of sp³-hybridized carbons (Fsp3) is 0.364. The molecule has 1 aromatic carbocycles. The second kappa shape index (κ2) is 5.24. The Hall–Kier alpha value is -1.71. The summed E-state index contributed by atoms with van der Waals surface area (Å²) >= 11 is 0. The molecule has 82 valence electrons. The first kappa shape index (κ1) is 11.4. The zero-order valence-electron chi connectivity index (χ0n) is 8.95. The molecule has 4 nitrogen and oxygen atoms in total. The lowest BCUT2D eigenvalue weighted by molar-refractivity contribution is 0.251. The van der Waals surface area contributed by atoms with Gasteiger partial charge in [-0.1, -0.05) is 19.9 Å². The molecule has 0 atom stereocenters. The predicted molar refractivity (Wildman–Crippen MR) is 60.0 cm³/mol. The van der Waals surface area contributed by atoms with Crippen molar-refractivity contribution in [1.29, 1.82) is 0 Å². The Morgan fingerprint density at radius 1 is 1.47 bits per heavy atom. The van der Waals surface area contributed by atoms with Crippen molar-refractivity contribution >= 4 is 11.7 Å². The largest absolute Gasteiger partial charge is 0.508 e. The maximum atomic E-state index is 11.3. The van der Waals surface area contributed by atoms with Crippen LogP contribution in [0.2, 0.25) is 0 Å². The summed E-state index contributed by atoms with van der Waals surface area (Å²) in [7, 11) is 0. The number of benzene rings is 1. The highest BCUT2D eigenvalue weighted by molar-refractivity contribution is 5.89. The van der Waals surface area contributed by atoms with Gasteiger partial charge in [-0.25, -0.2) is 4.79 Å². The summed E-state index contributed by atoms with van der Waals surface area (Å²) in [5, 5.41) is 14.5. The van der Waals surface area contributed by atoms with Crippen LogP contribution >= 0.6 is 0 Å². The maximum Gasteiger partial charge on any atom is 0.319 e. The minimum atomic E-state index is -0.255. The number of anilines is 1. The zero-order valence-corrected chi connectivity index (χ0v) is 8.95. The lowest BCUT2D eigenvalue weighted by atomic mass is 10.2. The average molecular weight is 208 g/mol. The Morgan fingerprint density at radius 3 is 2.80 bits per heavy atom. The first-order chi connectivity index (χ1) is 7.08. The number of hydrogen-bond acceptors (Lipinski definition) is 2. The third-order valence-electron chi connectivity index (χ3n) is 1.77. The van der Waals surface area contributed by atoms with E-state index in [0.29, 0.717) is 18.2 Å². The minimum absolute atomic E-state index is 0.136. The topological polar surface area (TPSA) is 61.4 Å². The number of aromatic hydroxyl groups is 1. The quantitative estimate of drug-likeness (QED) is 0.712. The van der Waals surface area contributed by atoms with Crippen LogP contribution in [0.15, 0.2) is 24.3 Å². The van der Waals surface area contributed by atoms with E-state index in [1.54, 1.807) is 18.2 Å². The molecule has 1 rings (SSSR count). The molecule has 0 aromatic heterocycles. The third kappa shape index (κ3) is 4.35. The lowest BCUT2D eigenvalue weighted by Crippen LogP contribution is -2.31. The highest BCUT2D eigenvalue weighted by Crippen LogP contribution is 2.14. The molecule has 0 heterocycles. The van der Waals surface area contributed by atoms with Gasteiger partial charge in [-0.15, -0.1) is 0 Å². The summed E-state index contributed by atoms with van der Waals surface area (Å²) in [6.45, 7) is 4.67. The Kier molecular flexibility index (Phi) is 3.97. The number of carbonyl (C=O) groups excluding carboxylic acids is 1. The fourth-order valence-electron chi connectivity index (χ4n) is 1.06. The predicted octanol–water partition coefficient (Wildman–Crippen LogP) is 2.17. The molecule has 0 spiro atoms. The number of phenols is 1. The smallest absolute Gasteiger partial charge is 0.319 e. The van der Waals surface area contributed by atoms with Crippen molar-refractivity contribution in [2.24, 2.45) is 5.92 Å². The van der Waals surface area contributed by atoms with E-state index in [1.807, 2.05) is 13.8 Å². The van der Waals surface area contributed by atoms with Crippen LogP contribution in [-0.2, 0) is 0 Å². The molecule has 0 unspecified atom stereocenters. The summed E-state index contributed by atoms with van der Waals surface area (Å²) in [4.78, 5) is 11.3. The summed E-state index contributed by atoms with van der Waals surface area (Å²) in [5.41, 5.74) is 0.580. The van der Waals surface area contributed by atoms with E-state index in [2.05, 4.69) is 10.6 Å². The van der Waals surface area contributed by atoms with Gasteiger partial charge < -0.3 is 15.7 Å². The van der Waals surface area contributed by atoms with Crippen LogP contribution in [0.4, 0.5) is 10.5 Å². The number of hydrogen-bond donors (Lipinski definition) is 3. The van der Waals surface area contributed by atoms with Gasteiger partial charge in [0.15, 0.2) is 0 Å². The first-order valence-electron chi connectivity index (χ1n) is 4.92. The van der Waals surface area contributed by atoms with E-state index in [-0.39, 0.29) is 11.8 Å². The molecule has 0 saturated heterocycles. The van der Waals surface area contributed by atoms with Gasteiger partial charge in [0.25, 0.3) is 0 Å². The second-order valence-electron chi connectivity index (χ2n) is 3.78. The Morgan fingerprint density at radius 2 is 2.20 bits per heavy atom. The molecule has 0 fully saturated rings. The van der Waals surface area contributed by atoms with E-state index in [4.69, 9.17) is 0 Å². The van der Waals surface area contributed by atoms with E-state index in [0.717, 1.165) is 0 Å². The average Bonchev–Trinajstić information content (AvgIpc) is 2.15. The van der Waals surface area contributed by atoms with Crippen LogP contribution in [0.1, 0.15) is 13.8 Å². The highest BCUT2D eigenvalue weighted by atomic mass is 16.3. The Balaban J connectivity index is 2.44. The van der Waals surface area contributed by atoms with Crippen molar-refractivity contribution in [1.82, 2.24) is 5.32 Å². The van der Waals surface area contributed by atoms with Gasteiger partial charge in [-0.3, -0.25) is 0 Å². The minimum Gasteiger partial charge on any atom is -0.508 e. The second-order valence-corrected chi connectivity index (χ2v) is 3.78. The molecule has 4 heteroatoms. The Bertz CT molecular complexity index is 337. The molecule has 2 amide bonds. The third-order valence-corrected chi connectivity index (χ3v) is 1.77. The van der Waals surface area contributed by atoms with Gasteiger partial charge in [-0.2, -0.15) is 0 Å². The monoisotopic (exact) mass is 208 g/mol. The molecule has 0 aliphatic heterocycles. The van der Waals surface area contributed by atoms with Gasteiger partial charge in [0.05, 0.1) is 0 Å². The first-order valence-corrected chi connectivity index (χ1v) is 4.92. The molecule has 0 bridgehead atoms. The fourth-order valence-corrected chi connectivity index (χ4v) is 1.06.